The molecule has 1 aliphatic heterocycles. The number of carbonyl (C=O) groups is 12. The van der Waals surface area contributed by atoms with Crippen LogP contribution in [0.4, 0.5) is 4.79 Å². The van der Waals surface area contributed by atoms with Crippen LogP contribution in [0.15, 0.2) is 121 Å². The summed E-state index contributed by atoms with van der Waals surface area (Å²) in [4.78, 5) is 191. The van der Waals surface area contributed by atoms with E-state index in [9.17, 15) is 67.7 Å². The van der Waals surface area contributed by atoms with E-state index in [4.69, 9.17) is 41.6 Å². The number of nitrogens with one attached hydrogen (secondary N) is 11. The van der Waals surface area contributed by atoms with Gasteiger partial charge in [0.1, 0.15) is 66.7 Å². The molecular formula is C77H105N19O18S. The second kappa shape index (κ2) is 45.6. The molecule has 0 bridgehead atoms. The van der Waals surface area contributed by atoms with Gasteiger partial charge in [-0.3, -0.25) is 57.7 Å². The van der Waals surface area contributed by atoms with Crippen molar-refractivity contribution in [2.75, 3.05) is 59.5 Å². The smallest absolute Gasteiger partial charge is 0.396 e. The molecule has 0 unspecified atom stereocenters. The lowest BCUT2D eigenvalue weighted by Gasteiger charge is -2.28. The normalized spacial score (nSPS) is 19.5. The van der Waals surface area contributed by atoms with Gasteiger partial charge < -0.3 is 110 Å². The van der Waals surface area contributed by atoms with E-state index < -0.39 is 163 Å². The van der Waals surface area contributed by atoms with Crippen molar-refractivity contribution in [2.24, 2.45) is 28.9 Å². The van der Waals surface area contributed by atoms with Crippen molar-refractivity contribution in [3.8, 4) is 0 Å². The van der Waals surface area contributed by atoms with Crippen LogP contribution in [0.5, 0.6) is 0 Å². The molecule has 3 aromatic heterocycles. The maximum Gasteiger partial charge on any atom is 0.519 e. The average molecular weight is 1620 g/mol. The summed E-state index contributed by atoms with van der Waals surface area (Å²) in [7, 11) is 1.51. The first-order valence-electron chi connectivity index (χ1n) is 37.8. The van der Waals surface area contributed by atoms with Crippen LogP contribution in [-0.2, 0) is 65.7 Å². The molecule has 3 aromatic carbocycles. The summed E-state index contributed by atoms with van der Waals surface area (Å²) in [5, 5.41) is 55.9. The van der Waals surface area contributed by atoms with Gasteiger partial charge >= 0.3 is 11.9 Å². The third kappa shape index (κ3) is 27.5. The Hall–Kier alpha value is -11.3. The molecule has 38 heteroatoms. The average Bonchev–Trinajstić information content (AvgIpc) is 1.63. The number of hydrogen-bond donors (Lipinski definition) is 17. The number of benzene rings is 3. The third-order valence-electron chi connectivity index (χ3n) is 18.4. The molecule has 11 atom stereocenters. The topological polar surface area (TPSA) is 568 Å². The number of ether oxygens (including phenoxy) is 1. The van der Waals surface area contributed by atoms with E-state index in [2.05, 4.69) is 63.5 Å². The van der Waals surface area contributed by atoms with Crippen molar-refractivity contribution in [3.05, 3.63) is 142 Å². The number of aromatic nitrogens is 3. The maximum absolute atomic E-state index is 15.2. The Kier molecular flexibility index (Phi) is 36.0. The fourth-order valence-electron chi connectivity index (χ4n) is 12.2. The van der Waals surface area contributed by atoms with Crippen LogP contribution in [0.3, 0.4) is 0 Å². The number of nitrogens with zero attached hydrogens (tertiary/aromatic N) is 4. The molecule has 37 nitrogen and oxygen atoms in total. The van der Waals surface area contributed by atoms with Crippen LogP contribution in [0, 0.1) is 12.8 Å². The number of carbonyl (C=O) groups excluding carboxylic acids is 12. The lowest BCUT2D eigenvalue weighted by atomic mass is 10.00. The van der Waals surface area contributed by atoms with Gasteiger partial charge in [-0.1, -0.05) is 74.1 Å². The number of nitrogens with two attached hydrogens (primary N) is 4. The van der Waals surface area contributed by atoms with Crippen molar-refractivity contribution >= 4 is 106 Å². The Morgan fingerprint density at radius 3 is 1.92 bits per heavy atom. The maximum atomic E-state index is 15.2. The second-order valence-electron chi connectivity index (χ2n) is 27.7. The molecule has 0 saturated carbocycles. The summed E-state index contributed by atoms with van der Waals surface area (Å²) in [6.45, 7) is 5.23. The quantitative estimate of drug-likeness (QED) is 0.0210. The van der Waals surface area contributed by atoms with E-state index >= 15 is 4.79 Å². The summed E-state index contributed by atoms with van der Waals surface area (Å²) in [5.74, 6) is -10.9. The van der Waals surface area contributed by atoms with Crippen LogP contribution < -0.4 is 87.2 Å². The van der Waals surface area contributed by atoms with Gasteiger partial charge in [-0.2, -0.15) is 9.78 Å². The molecule has 1 fully saturated rings. The Morgan fingerprint density at radius 1 is 0.696 bits per heavy atom. The molecule has 1 saturated heterocycles. The minimum absolute atomic E-state index is 0.0166. The number of amides is 12. The zero-order chi connectivity index (χ0) is 83.8. The van der Waals surface area contributed by atoms with Crippen molar-refractivity contribution in [1.29, 1.82) is 0 Å². The van der Waals surface area contributed by atoms with E-state index in [1.54, 1.807) is 123 Å². The zero-order valence-corrected chi connectivity index (χ0v) is 65.8. The van der Waals surface area contributed by atoms with Gasteiger partial charge in [0.2, 0.25) is 59.1 Å². The molecule has 7 rings (SSSR count). The molecule has 21 N–H and O–H groups in total. The number of fused-ring (bicyclic) bond motifs is 1. The van der Waals surface area contributed by atoms with Gasteiger partial charge in [-0.25, -0.2) is 9.59 Å². The molecule has 115 heavy (non-hydrogen) atoms. The summed E-state index contributed by atoms with van der Waals surface area (Å²) in [5.41, 5.74) is 26.0. The van der Waals surface area contributed by atoms with Crippen LogP contribution in [0.1, 0.15) is 118 Å². The molecule has 622 valence electrons. The van der Waals surface area contributed by atoms with E-state index in [-0.39, 0.29) is 114 Å². The van der Waals surface area contributed by atoms with Crippen LogP contribution in [-0.4, -0.2) is 227 Å². The summed E-state index contributed by atoms with van der Waals surface area (Å²) in [6.07, 6.45) is -0.302. The summed E-state index contributed by atoms with van der Waals surface area (Å²) < 4.78 is 17.1. The molecular weight excluding hydrogens is 1510 g/mol. The van der Waals surface area contributed by atoms with Gasteiger partial charge in [0.25, 0.3) is 5.91 Å². The molecule has 0 aliphatic carbocycles. The highest BCUT2D eigenvalue weighted by atomic mass is 32.2. The van der Waals surface area contributed by atoms with Gasteiger partial charge in [-0.05, 0) is 158 Å². The number of aryl methyl sites for hydroxylation is 1. The molecule has 12 amide bonds. The number of hydrogen-bond acceptors (Lipinski definition) is 25. The van der Waals surface area contributed by atoms with E-state index in [1.165, 1.54) is 44.5 Å². The van der Waals surface area contributed by atoms with Gasteiger partial charge in [0, 0.05) is 60.9 Å². The molecule has 1 aliphatic rings. The highest BCUT2D eigenvalue weighted by Gasteiger charge is 2.38. The fourth-order valence-corrected chi connectivity index (χ4v) is 13.2. The van der Waals surface area contributed by atoms with E-state index in [1.807, 2.05) is 0 Å². The predicted molar refractivity (Wildman–Crippen MR) is 423 cm³/mol. The Morgan fingerprint density at radius 2 is 1.31 bits per heavy atom. The molecule has 0 radical (unpaired) electrons. The van der Waals surface area contributed by atoms with E-state index in [0.29, 0.717) is 43.2 Å². The number of rotatable bonds is 33. The van der Waals surface area contributed by atoms with E-state index in [0.717, 1.165) is 4.68 Å². The monoisotopic (exact) mass is 1620 g/mol. The van der Waals surface area contributed by atoms with Gasteiger partial charge in [-0.15, -0.1) is 0 Å². The number of pyridine rings is 1. The van der Waals surface area contributed by atoms with Crippen molar-refractivity contribution in [3.63, 3.8) is 0 Å². The standard InChI is InChI=1S/C77H105N19O18S/c1-43(2)39-58-72(106)87-54(25-31-79)68(102)86-56(27-33-81)71(105)93-64(44(3)97)74(108)84-35-28-57(70(104)85-55(26-32-80)69(103)91-59(73(107)90-58)40-47-15-8-7-9-16-47)88-67(101)53(19-14-30-78)89-75(109)65(45(4)98)92-63(99)29-36-95(37-38-112-42-61-46(5)113-77(111)114-61)76(110)96-60-41-49(115-62-20-11-10-18-51(62)66(100)82-6)22-23-50(60)52(94-96)24-21-48-17-12-13-34-83-48/h7-13,15-18,20-24,34,41,43-45,53-59,64-65,97-98H,14,19,25-33,35-40,42,78-81H2,1-6H3,(H,82,100)(H,84,108)(H,85,104)(H,86,102)(H,87,106)(H,88,101)(H,89,109)(H,90,107)(H,91,103)(H,92,99)(H,93,105)/b24-21+/t44-,45-,53-,54-,55-,56-,57+,58-,59-,64-,65+/m1/s1. The summed E-state index contributed by atoms with van der Waals surface area (Å²) in [6, 6.07) is 11.2. The Balaban J connectivity index is 1.17. The van der Waals surface area contributed by atoms with Crippen LogP contribution >= 0.6 is 11.8 Å². The highest BCUT2D eigenvalue weighted by molar-refractivity contribution is 7.99. The minimum Gasteiger partial charge on any atom is -0.396 e. The van der Waals surface area contributed by atoms with Crippen molar-refractivity contribution < 1.29 is 81.3 Å². The molecule has 0 spiro atoms. The Labute approximate surface area is 667 Å². The number of aliphatic hydroxyl groups is 2. The van der Waals surface area contributed by atoms with Gasteiger partial charge in [0.15, 0.2) is 5.76 Å². The van der Waals surface area contributed by atoms with Crippen molar-refractivity contribution in [1.82, 2.24) is 78.1 Å². The lowest BCUT2D eigenvalue weighted by Crippen LogP contribution is -2.61. The SMILES string of the molecule is CNC(=O)c1ccccc1Sc1ccc2c(/C=C/c3ccccn3)nn(C(=O)N(CCOCc3oc(=O)oc3C)CCC(=O)N[C@H](C(=O)N[C@H](CCCN)C(=O)N[C@H]3CCNC(=O)[C@@H]([C@@H](C)O)NC(=O)[C@@H](CCN)NC(=O)[C@@H](CCN)NC(=O)[C@@H](CC(C)C)NC(=O)[C@@H](Cc4ccccc4)NC(=O)[C@@H](CCN)NC3=O)[C@@H](C)O)c2c1. The predicted octanol–water partition coefficient (Wildman–Crippen LogP) is -1.44. The zero-order valence-electron chi connectivity index (χ0n) is 65.0. The summed E-state index contributed by atoms with van der Waals surface area (Å²) >= 11 is 1.26. The largest absolute Gasteiger partial charge is 0.519 e. The van der Waals surface area contributed by atoms with Gasteiger partial charge in [0.05, 0.1) is 41.3 Å². The van der Waals surface area contributed by atoms with Crippen LogP contribution in [0.2, 0.25) is 0 Å². The molecule has 6 aromatic rings. The first-order valence-corrected chi connectivity index (χ1v) is 38.7. The van der Waals surface area contributed by atoms with Crippen molar-refractivity contribution in [2.45, 2.75) is 175 Å². The Bertz CT molecular complexity index is 4400. The first-order chi connectivity index (χ1) is 55.1. The lowest BCUT2D eigenvalue weighted by molar-refractivity contribution is -0.136. The third-order valence-corrected chi connectivity index (χ3v) is 19.4. The molecule has 4 heterocycles. The highest BCUT2D eigenvalue weighted by Crippen LogP contribution is 2.34. The fraction of sp³-hybridized carbons (Fsp3) is 0.468. The number of aliphatic hydroxyl groups excluding tert-OH is 2. The first kappa shape index (κ1) is 90.9. The second-order valence-corrected chi connectivity index (χ2v) is 28.9. The minimum atomic E-state index is -1.81. The van der Waals surface area contributed by atoms with Crippen LogP contribution in [0.25, 0.3) is 23.1 Å².